The number of hydrogen-bond acceptors (Lipinski definition) is 3. The van der Waals surface area contributed by atoms with Crippen LogP contribution in [0.15, 0.2) is 29.2 Å². The van der Waals surface area contributed by atoms with Gasteiger partial charge in [0.05, 0.1) is 5.41 Å². The lowest BCUT2D eigenvalue weighted by Gasteiger charge is -2.11. The number of carboxylic acid groups (broad SMARTS) is 1. The van der Waals surface area contributed by atoms with Crippen LogP contribution >= 0.6 is 0 Å². The van der Waals surface area contributed by atoms with Crippen LogP contribution in [0.5, 0.6) is 0 Å². The second kappa shape index (κ2) is 4.33. The van der Waals surface area contributed by atoms with Gasteiger partial charge in [-0.1, -0.05) is 12.1 Å². The summed E-state index contributed by atoms with van der Waals surface area (Å²) in [6, 6.07) is 4.96. The van der Waals surface area contributed by atoms with Crippen molar-refractivity contribution in [3.63, 3.8) is 0 Å². The summed E-state index contributed by atoms with van der Waals surface area (Å²) in [6.45, 7) is -0.209. The lowest BCUT2D eigenvalue weighted by atomic mass is 10.1. The van der Waals surface area contributed by atoms with Crippen LogP contribution in [-0.4, -0.2) is 26.0 Å². The third-order valence-corrected chi connectivity index (χ3v) is 4.47. The van der Waals surface area contributed by atoms with Gasteiger partial charge in [-0.2, -0.15) is 0 Å². The Morgan fingerprint density at radius 3 is 2.50 bits per heavy atom. The van der Waals surface area contributed by atoms with Gasteiger partial charge < -0.3 is 5.11 Å². The highest BCUT2D eigenvalue weighted by Gasteiger charge is 2.50. The van der Waals surface area contributed by atoms with Crippen LogP contribution in [0.3, 0.4) is 0 Å². The normalized spacial score (nSPS) is 17.4. The summed E-state index contributed by atoms with van der Waals surface area (Å²) in [4.78, 5) is 10.4. The molecule has 1 aromatic carbocycles. The van der Waals surface area contributed by atoms with Crippen molar-refractivity contribution in [2.75, 3.05) is 6.54 Å². The maximum Gasteiger partial charge on any atom is 0.310 e. The zero-order chi connectivity index (χ0) is 13.4. The number of sulfonamides is 1. The zero-order valence-electron chi connectivity index (χ0n) is 9.39. The Kier molecular flexibility index (Phi) is 3.12. The van der Waals surface area contributed by atoms with Gasteiger partial charge in [-0.3, -0.25) is 4.79 Å². The second-order valence-electron chi connectivity index (χ2n) is 4.34. The molecule has 0 aliphatic heterocycles. The van der Waals surface area contributed by atoms with Gasteiger partial charge >= 0.3 is 5.97 Å². The molecule has 0 atom stereocenters. The van der Waals surface area contributed by atoms with E-state index in [-0.39, 0.29) is 6.54 Å². The number of rotatable bonds is 5. The Morgan fingerprint density at radius 2 is 2.00 bits per heavy atom. The maximum atomic E-state index is 13.3. The molecule has 7 heteroatoms. The largest absolute Gasteiger partial charge is 0.481 e. The van der Waals surface area contributed by atoms with Crippen molar-refractivity contribution in [1.29, 1.82) is 0 Å². The zero-order valence-corrected chi connectivity index (χ0v) is 10.2. The third kappa shape index (κ3) is 2.37. The van der Waals surface area contributed by atoms with Gasteiger partial charge in [0.25, 0.3) is 0 Å². The Morgan fingerprint density at radius 1 is 1.39 bits per heavy atom. The average Bonchev–Trinajstić information content (AvgIpc) is 3.08. The SMILES string of the molecule is O=C(O)C1(CNS(=O)(=O)c2ccccc2F)CC1. The predicted molar refractivity (Wildman–Crippen MR) is 60.9 cm³/mol. The van der Waals surface area contributed by atoms with E-state index >= 15 is 0 Å². The van der Waals surface area contributed by atoms with Gasteiger partial charge in [0.2, 0.25) is 10.0 Å². The van der Waals surface area contributed by atoms with Crippen molar-refractivity contribution < 1.29 is 22.7 Å². The van der Waals surface area contributed by atoms with Gasteiger partial charge in [0.15, 0.2) is 0 Å². The van der Waals surface area contributed by atoms with Crippen molar-refractivity contribution in [3.05, 3.63) is 30.1 Å². The first kappa shape index (κ1) is 13.0. The lowest BCUT2D eigenvalue weighted by Crippen LogP contribution is -2.34. The fourth-order valence-corrected chi connectivity index (χ4v) is 2.80. The molecule has 2 N–H and O–H groups in total. The van der Waals surface area contributed by atoms with Crippen molar-refractivity contribution in [3.8, 4) is 0 Å². The van der Waals surface area contributed by atoms with Crippen LogP contribution in [-0.2, 0) is 14.8 Å². The molecule has 0 radical (unpaired) electrons. The molecule has 1 fully saturated rings. The molecule has 0 unspecified atom stereocenters. The molecule has 1 saturated carbocycles. The fraction of sp³-hybridized carbons (Fsp3) is 0.364. The fourth-order valence-electron chi connectivity index (χ4n) is 1.59. The first-order valence-electron chi connectivity index (χ1n) is 5.35. The first-order chi connectivity index (χ1) is 8.37. The Bertz CT molecular complexity index is 580. The molecule has 5 nitrogen and oxygen atoms in total. The minimum absolute atomic E-state index is 0.209. The number of carbonyl (C=O) groups is 1. The molecule has 1 aliphatic rings. The van der Waals surface area contributed by atoms with E-state index in [4.69, 9.17) is 5.11 Å². The second-order valence-corrected chi connectivity index (χ2v) is 6.08. The van der Waals surface area contributed by atoms with Crippen molar-refractivity contribution >= 4 is 16.0 Å². The van der Waals surface area contributed by atoms with E-state index in [9.17, 15) is 17.6 Å². The van der Waals surface area contributed by atoms with Gasteiger partial charge in [-0.25, -0.2) is 17.5 Å². The molecular formula is C11H12FNO4S. The number of halogens is 1. The smallest absolute Gasteiger partial charge is 0.310 e. The molecule has 98 valence electrons. The van der Waals surface area contributed by atoms with E-state index in [2.05, 4.69) is 4.72 Å². The minimum Gasteiger partial charge on any atom is -0.481 e. The molecule has 1 aromatic rings. The summed E-state index contributed by atoms with van der Waals surface area (Å²) in [5, 5.41) is 8.92. The molecule has 0 spiro atoms. The molecule has 18 heavy (non-hydrogen) atoms. The van der Waals surface area contributed by atoms with E-state index in [0.29, 0.717) is 12.8 Å². The van der Waals surface area contributed by atoms with Crippen molar-refractivity contribution in [1.82, 2.24) is 4.72 Å². The summed E-state index contributed by atoms with van der Waals surface area (Å²) in [5.41, 5.74) is -1.02. The summed E-state index contributed by atoms with van der Waals surface area (Å²) in [6.07, 6.45) is 0.865. The van der Waals surface area contributed by atoms with E-state index < -0.39 is 32.1 Å². The number of aliphatic carboxylic acids is 1. The minimum atomic E-state index is -4.01. The van der Waals surface area contributed by atoms with Gasteiger partial charge in [0.1, 0.15) is 10.7 Å². The molecule has 2 rings (SSSR count). The lowest BCUT2D eigenvalue weighted by molar-refractivity contribution is -0.143. The molecule has 0 saturated heterocycles. The Labute approximate surface area is 104 Å². The van der Waals surface area contributed by atoms with Gasteiger partial charge in [-0.15, -0.1) is 0 Å². The quantitative estimate of drug-likeness (QED) is 0.837. The maximum absolute atomic E-state index is 13.3. The van der Waals surface area contributed by atoms with Crippen LogP contribution in [0.1, 0.15) is 12.8 Å². The standard InChI is InChI=1S/C11H12FNO4S/c12-8-3-1-2-4-9(8)18(16,17)13-7-11(5-6-11)10(14)15/h1-4,13H,5-7H2,(H,14,15). The average molecular weight is 273 g/mol. The summed E-state index contributed by atoms with van der Waals surface area (Å²) < 4.78 is 39.1. The number of nitrogens with one attached hydrogen (secondary N) is 1. The number of hydrogen-bond donors (Lipinski definition) is 2. The van der Waals surface area contributed by atoms with Crippen molar-refractivity contribution in [2.24, 2.45) is 5.41 Å². The monoisotopic (exact) mass is 273 g/mol. The number of benzene rings is 1. The predicted octanol–water partition coefficient (Wildman–Crippen LogP) is 0.969. The summed E-state index contributed by atoms with van der Waals surface area (Å²) in [7, 11) is -4.01. The van der Waals surface area contributed by atoms with Crippen molar-refractivity contribution in [2.45, 2.75) is 17.7 Å². The van der Waals surface area contributed by atoms with Gasteiger partial charge in [-0.05, 0) is 25.0 Å². The third-order valence-electron chi connectivity index (χ3n) is 3.03. The van der Waals surface area contributed by atoms with Crippen LogP contribution in [0.2, 0.25) is 0 Å². The highest BCUT2D eigenvalue weighted by atomic mass is 32.2. The molecule has 0 heterocycles. The van der Waals surface area contributed by atoms with Crippen LogP contribution in [0.25, 0.3) is 0 Å². The molecule has 0 bridgehead atoms. The Balaban J connectivity index is 2.14. The molecule has 0 amide bonds. The van der Waals surface area contributed by atoms with Crippen LogP contribution in [0, 0.1) is 11.2 Å². The van der Waals surface area contributed by atoms with E-state index in [0.717, 1.165) is 12.1 Å². The summed E-state index contributed by atoms with van der Waals surface area (Å²) >= 11 is 0. The van der Waals surface area contributed by atoms with Crippen LogP contribution in [0.4, 0.5) is 4.39 Å². The highest BCUT2D eigenvalue weighted by Crippen LogP contribution is 2.45. The molecule has 0 aromatic heterocycles. The highest BCUT2D eigenvalue weighted by molar-refractivity contribution is 7.89. The van der Waals surface area contributed by atoms with E-state index in [1.807, 2.05) is 0 Å². The topological polar surface area (TPSA) is 83.5 Å². The van der Waals surface area contributed by atoms with E-state index in [1.54, 1.807) is 0 Å². The summed E-state index contributed by atoms with van der Waals surface area (Å²) in [5.74, 6) is -1.89. The van der Waals surface area contributed by atoms with E-state index in [1.165, 1.54) is 12.1 Å². The first-order valence-corrected chi connectivity index (χ1v) is 6.83. The molecular weight excluding hydrogens is 261 g/mol. The molecule has 1 aliphatic carbocycles. The number of carboxylic acids is 1. The van der Waals surface area contributed by atoms with Gasteiger partial charge in [0, 0.05) is 6.54 Å². The Hall–Kier alpha value is -1.47. The van der Waals surface area contributed by atoms with Crippen LogP contribution < -0.4 is 4.72 Å².